The van der Waals surface area contributed by atoms with Crippen LogP contribution in [0.3, 0.4) is 0 Å². The van der Waals surface area contributed by atoms with Crippen molar-refractivity contribution >= 4 is 34.0 Å². The standard InChI is InChI=1S/C26H28FN3O3S/c1-3-17(4-2)5-10-20-13-21(27)11-12-23(20)28-15-18-6-8-19(9-7-18)25(33)30-26-29-22(16-34-26)14-24(31)32/h6,8,11-13,16-17,28H,3-5,10,14-15H2,1-2H3,(H,31,32)(H,29,30,33). The highest BCUT2D eigenvalue weighted by atomic mass is 32.1. The number of carboxylic acid groups (broad SMARTS) is 1. The van der Waals surface area contributed by atoms with Crippen molar-refractivity contribution in [2.75, 3.05) is 10.6 Å². The van der Waals surface area contributed by atoms with Crippen molar-refractivity contribution in [3.8, 4) is 0 Å². The molecule has 0 fully saturated rings. The van der Waals surface area contributed by atoms with Gasteiger partial charge in [0.15, 0.2) is 5.13 Å². The number of halogens is 1. The summed E-state index contributed by atoms with van der Waals surface area (Å²) in [7, 11) is 0. The third-order valence-electron chi connectivity index (χ3n) is 5.67. The molecule has 0 radical (unpaired) electrons. The average Bonchev–Trinajstić information content (AvgIpc) is 3.25. The first kappa shape index (κ1) is 25.2. The van der Waals surface area contributed by atoms with Gasteiger partial charge in [0.05, 0.1) is 17.7 Å². The minimum absolute atomic E-state index is 0.193. The van der Waals surface area contributed by atoms with E-state index in [4.69, 9.17) is 5.11 Å². The quantitative estimate of drug-likeness (QED) is 0.307. The molecule has 34 heavy (non-hydrogen) atoms. The highest BCUT2D eigenvalue weighted by Crippen LogP contribution is 2.23. The zero-order chi connectivity index (χ0) is 24.5. The Bertz CT molecular complexity index is 1110. The fraction of sp³-hybridized carbons (Fsp3) is 0.346. The molecule has 1 amide bonds. The number of hydrogen-bond acceptors (Lipinski definition) is 5. The SMILES string of the molecule is CCC(CC)CCc1cc(F)ccc1NCc1c#cc(C(=O)Nc2nc(CC(=O)O)cs2)cc1. The maximum Gasteiger partial charge on any atom is 0.309 e. The van der Waals surface area contributed by atoms with Crippen LogP contribution in [0.1, 0.15) is 60.3 Å². The number of aromatic nitrogens is 1. The summed E-state index contributed by atoms with van der Waals surface area (Å²) < 4.78 is 13.8. The van der Waals surface area contributed by atoms with Crippen LogP contribution in [-0.2, 0) is 24.2 Å². The van der Waals surface area contributed by atoms with Gasteiger partial charge in [0.1, 0.15) is 5.82 Å². The van der Waals surface area contributed by atoms with E-state index in [9.17, 15) is 14.0 Å². The summed E-state index contributed by atoms with van der Waals surface area (Å²) >= 11 is 1.17. The van der Waals surface area contributed by atoms with Crippen molar-refractivity contribution in [1.82, 2.24) is 4.98 Å². The molecule has 0 saturated heterocycles. The molecule has 3 N–H and O–H groups in total. The topological polar surface area (TPSA) is 91.3 Å². The summed E-state index contributed by atoms with van der Waals surface area (Å²) in [6.45, 7) is 4.83. The molecule has 178 valence electrons. The maximum atomic E-state index is 13.8. The Balaban J connectivity index is 1.58. The third-order valence-corrected chi connectivity index (χ3v) is 6.48. The molecule has 8 heteroatoms. The summed E-state index contributed by atoms with van der Waals surface area (Å²) in [6, 6.07) is 14.1. The van der Waals surface area contributed by atoms with Gasteiger partial charge in [0.25, 0.3) is 5.91 Å². The van der Waals surface area contributed by atoms with Gasteiger partial charge < -0.3 is 10.4 Å². The number of anilines is 2. The Labute approximate surface area is 203 Å². The molecule has 0 atom stereocenters. The van der Waals surface area contributed by atoms with E-state index < -0.39 is 11.9 Å². The van der Waals surface area contributed by atoms with E-state index >= 15 is 0 Å². The second kappa shape index (κ2) is 12.1. The summed E-state index contributed by atoms with van der Waals surface area (Å²) in [5, 5.41) is 16.7. The van der Waals surface area contributed by atoms with E-state index in [1.54, 1.807) is 29.6 Å². The molecule has 0 bridgehead atoms. The fourth-order valence-electron chi connectivity index (χ4n) is 3.60. The lowest BCUT2D eigenvalue weighted by Crippen LogP contribution is -2.11. The van der Waals surface area contributed by atoms with Gasteiger partial charge in [0, 0.05) is 23.2 Å². The Morgan fingerprint density at radius 2 is 1.97 bits per heavy atom. The number of nitrogens with zero attached hydrogens (tertiary/aromatic N) is 1. The summed E-state index contributed by atoms with van der Waals surface area (Å²) in [6.07, 6.45) is 3.87. The molecule has 0 aliphatic rings. The second-order valence-electron chi connectivity index (χ2n) is 8.07. The minimum Gasteiger partial charge on any atom is -0.481 e. The monoisotopic (exact) mass is 481 g/mol. The van der Waals surface area contributed by atoms with Crippen LogP contribution in [0.5, 0.6) is 0 Å². The molecule has 1 heterocycles. The van der Waals surface area contributed by atoms with E-state index in [2.05, 4.69) is 41.6 Å². The number of hydrogen-bond donors (Lipinski definition) is 3. The van der Waals surface area contributed by atoms with Gasteiger partial charge in [-0.25, -0.2) is 9.37 Å². The molecule has 0 aliphatic heterocycles. The number of aliphatic carboxylic acids is 1. The first-order valence-electron chi connectivity index (χ1n) is 11.3. The Morgan fingerprint density at radius 3 is 2.65 bits per heavy atom. The predicted octanol–water partition coefficient (Wildman–Crippen LogP) is 5.74. The lowest BCUT2D eigenvalue weighted by atomic mass is 9.94. The van der Waals surface area contributed by atoms with Crippen molar-refractivity contribution in [3.63, 3.8) is 0 Å². The lowest BCUT2D eigenvalue weighted by Gasteiger charge is -2.15. The Kier molecular flexibility index (Phi) is 9.00. The molecule has 0 spiro atoms. The number of carboxylic acids is 1. The number of amides is 1. The number of benzene rings is 1. The number of thiazole rings is 1. The third kappa shape index (κ3) is 7.29. The van der Waals surface area contributed by atoms with Gasteiger partial charge in [-0.2, -0.15) is 0 Å². The van der Waals surface area contributed by atoms with Gasteiger partial charge >= 0.3 is 5.97 Å². The van der Waals surface area contributed by atoms with Gasteiger partial charge in [-0.1, -0.05) is 38.8 Å². The first-order chi connectivity index (χ1) is 16.4. The van der Waals surface area contributed by atoms with Gasteiger partial charge in [0.2, 0.25) is 0 Å². The van der Waals surface area contributed by atoms with Crippen LogP contribution < -0.4 is 10.6 Å². The zero-order valence-electron chi connectivity index (χ0n) is 19.3. The fourth-order valence-corrected chi connectivity index (χ4v) is 4.31. The molecule has 0 aliphatic carbocycles. The van der Waals surface area contributed by atoms with E-state index in [1.165, 1.54) is 17.4 Å². The molecular weight excluding hydrogens is 453 g/mol. The van der Waals surface area contributed by atoms with Crippen LogP contribution in [0.4, 0.5) is 15.2 Å². The number of aryl methyl sites for hydroxylation is 1. The number of carbonyl (C=O) groups excluding carboxylic acids is 1. The molecule has 1 aromatic heterocycles. The van der Waals surface area contributed by atoms with Gasteiger partial charge in [-0.3, -0.25) is 14.9 Å². The molecule has 3 rings (SSSR count). The minimum atomic E-state index is -0.978. The number of nitrogens with one attached hydrogen (secondary N) is 2. The maximum absolute atomic E-state index is 13.8. The predicted molar refractivity (Wildman–Crippen MR) is 132 cm³/mol. The van der Waals surface area contributed by atoms with Crippen molar-refractivity contribution in [2.45, 2.75) is 52.5 Å². The van der Waals surface area contributed by atoms with Crippen LogP contribution in [0.2, 0.25) is 0 Å². The number of rotatable bonds is 12. The van der Waals surface area contributed by atoms with E-state index in [1.807, 2.05) is 0 Å². The van der Waals surface area contributed by atoms with E-state index in [-0.39, 0.29) is 12.2 Å². The van der Waals surface area contributed by atoms with Crippen LogP contribution in [0, 0.1) is 23.9 Å². The van der Waals surface area contributed by atoms with Crippen LogP contribution >= 0.6 is 11.3 Å². The average molecular weight is 482 g/mol. The highest BCUT2D eigenvalue weighted by Gasteiger charge is 2.12. The molecule has 2 aromatic carbocycles. The first-order valence-corrected chi connectivity index (χ1v) is 12.2. The van der Waals surface area contributed by atoms with Gasteiger partial charge in [-0.15, -0.1) is 11.3 Å². The Hall–Kier alpha value is -3.44. The molecule has 3 aromatic rings. The molecular formula is C26H28FN3O3S. The van der Waals surface area contributed by atoms with Crippen molar-refractivity contribution in [3.05, 3.63) is 76.0 Å². The molecule has 6 nitrogen and oxygen atoms in total. The van der Waals surface area contributed by atoms with Crippen LogP contribution in [0.25, 0.3) is 0 Å². The zero-order valence-corrected chi connectivity index (χ0v) is 20.1. The van der Waals surface area contributed by atoms with E-state index in [0.29, 0.717) is 28.9 Å². The Morgan fingerprint density at radius 1 is 1.18 bits per heavy atom. The highest BCUT2D eigenvalue weighted by molar-refractivity contribution is 7.14. The summed E-state index contributed by atoms with van der Waals surface area (Å²) in [5.74, 6) is -0.982. The number of carbonyl (C=O) groups is 2. The summed E-state index contributed by atoms with van der Waals surface area (Å²) in [5.41, 5.74) is 3.35. The smallest absolute Gasteiger partial charge is 0.309 e. The lowest BCUT2D eigenvalue weighted by molar-refractivity contribution is -0.136. The van der Waals surface area contributed by atoms with Gasteiger partial charge in [-0.05, 0) is 54.7 Å². The van der Waals surface area contributed by atoms with E-state index in [0.717, 1.165) is 42.5 Å². The second-order valence-corrected chi connectivity index (χ2v) is 8.93. The van der Waals surface area contributed by atoms with Crippen LogP contribution in [0.15, 0.2) is 35.7 Å². The van der Waals surface area contributed by atoms with Crippen molar-refractivity contribution in [1.29, 1.82) is 0 Å². The molecule has 0 saturated carbocycles. The van der Waals surface area contributed by atoms with Crippen LogP contribution in [-0.4, -0.2) is 22.0 Å². The van der Waals surface area contributed by atoms with Crippen molar-refractivity contribution in [2.24, 2.45) is 5.92 Å². The van der Waals surface area contributed by atoms with Crippen molar-refractivity contribution < 1.29 is 19.1 Å². The summed E-state index contributed by atoms with van der Waals surface area (Å²) in [4.78, 5) is 27.3. The largest absolute Gasteiger partial charge is 0.481 e. The normalized spacial score (nSPS) is 10.7. The molecule has 0 unspecified atom stereocenters.